The average molecular weight is 325 g/mol. The van der Waals surface area contributed by atoms with Gasteiger partial charge in [-0.15, -0.1) is 0 Å². The van der Waals surface area contributed by atoms with Crippen molar-refractivity contribution in [1.82, 2.24) is 9.13 Å². The first-order valence-electron chi connectivity index (χ1n) is 7.63. The summed E-state index contributed by atoms with van der Waals surface area (Å²) in [7, 11) is 1.28. The molecule has 1 rings (SSSR count). The molecular weight excluding hydrogens is 302 g/mol. The van der Waals surface area contributed by atoms with Crippen molar-refractivity contribution >= 4 is 17.6 Å². The van der Waals surface area contributed by atoms with Gasteiger partial charge in [0.1, 0.15) is 11.4 Å². The highest BCUT2D eigenvalue weighted by Crippen LogP contribution is 2.07. The molecule has 0 unspecified atom stereocenters. The van der Waals surface area contributed by atoms with Crippen molar-refractivity contribution in [3.05, 3.63) is 26.4 Å². The number of anilines is 1. The molecule has 0 bridgehead atoms. The molecule has 0 aliphatic rings. The Morgan fingerprint density at radius 1 is 1.17 bits per heavy atom. The van der Waals surface area contributed by atoms with E-state index in [1.165, 1.54) is 11.6 Å². The maximum absolute atomic E-state index is 12.2. The second kappa shape index (κ2) is 8.30. The molecule has 1 heterocycles. The van der Waals surface area contributed by atoms with E-state index in [2.05, 4.69) is 0 Å². The summed E-state index contributed by atoms with van der Waals surface area (Å²) in [4.78, 5) is 47.8. The van der Waals surface area contributed by atoms with E-state index in [-0.39, 0.29) is 24.3 Å². The van der Waals surface area contributed by atoms with Gasteiger partial charge in [0.15, 0.2) is 6.61 Å². The summed E-state index contributed by atoms with van der Waals surface area (Å²) in [6.07, 6.45) is 2.32. The summed E-state index contributed by atoms with van der Waals surface area (Å²) in [6, 6.07) is 0. The third-order valence-corrected chi connectivity index (χ3v) is 3.41. The normalized spacial score (nSPS) is 10.6. The van der Waals surface area contributed by atoms with Crippen LogP contribution in [0.25, 0.3) is 0 Å². The molecule has 128 valence electrons. The lowest BCUT2D eigenvalue weighted by atomic mass is 10.2. The smallest absolute Gasteiger partial charge is 0.332 e. The molecule has 0 aliphatic heterocycles. The number of ether oxygens (including phenoxy) is 1. The summed E-state index contributed by atoms with van der Waals surface area (Å²) in [6.45, 7) is 3.50. The quantitative estimate of drug-likeness (QED) is 0.548. The molecule has 0 spiro atoms. The Labute approximate surface area is 133 Å². The van der Waals surface area contributed by atoms with Crippen LogP contribution in [-0.2, 0) is 23.1 Å². The number of carbonyl (C=O) groups is 2. The molecule has 8 heteroatoms. The van der Waals surface area contributed by atoms with Crippen molar-refractivity contribution < 1.29 is 14.3 Å². The molecule has 0 aliphatic carbocycles. The first-order chi connectivity index (χ1) is 10.8. The van der Waals surface area contributed by atoms with E-state index >= 15 is 0 Å². The van der Waals surface area contributed by atoms with Gasteiger partial charge in [0.2, 0.25) is 5.78 Å². The Morgan fingerprint density at radius 2 is 1.83 bits per heavy atom. The molecule has 0 radical (unpaired) electrons. The zero-order chi connectivity index (χ0) is 17.6. The van der Waals surface area contributed by atoms with Crippen LogP contribution in [0.15, 0.2) is 9.59 Å². The highest BCUT2D eigenvalue weighted by atomic mass is 16.5. The number of unbranched alkanes of at least 4 members (excludes halogenated alkanes) is 1. The Morgan fingerprint density at radius 3 is 2.39 bits per heavy atom. The van der Waals surface area contributed by atoms with Crippen molar-refractivity contribution in [2.75, 3.05) is 12.3 Å². The lowest BCUT2D eigenvalue weighted by Gasteiger charge is -2.13. The molecular formula is C15H23N3O5. The molecule has 0 fully saturated rings. The third kappa shape index (κ3) is 4.30. The van der Waals surface area contributed by atoms with E-state index in [9.17, 15) is 19.2 Å². The predicted octanol–water partition coefficient (Wildman–Crippen LogP) is 0.455. The van der Waals surface area contributed by atoms with Gasteiger partial charge in [0.25, 0.3) is 5.56 Å². The summed E-state index contributed by atoms with van der Waals surface area (Å²) >= 11 is 0. The van der Waals surface area contributed by atoms with Gasteiger partial charge in [-0.25, -0.2) is 4.79 Å². The minimum Gasteiger partial charge on any atom is -0.457 e. The molecule has 2 N–H and O–H groups in total. The van der Waals surface area contributed by atoms with Crippen LogP contribution in [0.3, 0.4) is 0 Å². The fourth-order valence-electron chi connectivity index (χ4n) is 2.10. The summed E-state index contributed by atoms with van der Waals surface area (Å²) < 4.78 is 6.87. The van der Waals surface area contributed by atoms with Crippen LogP contribution in [0.5, 0.6) is 0 Å². The molecule has 0 saturated heterocycles. The van der Waals surface area contributed by atoms with E-state index in [1.54, 1.807) is 0 Å². The van der Waals surface area contributed by atoms with Gasteiger partial charge in [-0.1, -0.05) is 20.3 Å². The van der Waals surface area contributed by atoms with Crippen molar-refractivity contribution in [2.45, 2.75) is 46.1 Å². The van der Waals surface area contributed by atoms with Crippen LogP contribution in [-0.4, -0.2) is 27.5 Å². The third-order valence-electron chi connectivity index (χ3n) is 3.41. The molecule has 0 atom stereocenters. The Balaban J connectivity index is 3.08. The number of hydrogen-bond donors (Lipinski definition) is 1. The average Bonchev–Trinajstić information content (AvgIpc) is 2.53. The highest BCUT2D eigenvalue weighted by Gasteiger charge is 2.22. The number of nitrogens with two attached hydrogens (primary N) is 1. The summed E-state index contributed by atoms with van der Waals surface area (Å²) in [5.74, 6) is -1.40. The zero-order valence-corrected chi connectivity index (χ0v) is 13.8. The number of aromatic nitrogens is 2. The van der Waals surface area contributed by atoms with Crippen LogP contribution < -0.4 is 17.0 Å². The SMILES string of the molecule is CCCCC(=O)OCC(=O)c1c(N)n(CCC)c(=O)n(C)c1=O. The Kier molecular flexibility index (Phi) is 6.74. The zero-order valence-electron chi connectivity index (χ0n) is 13.8. The number of nitrogens with zero attached hydrogens (tertiary/aromatic N) is 2. The van der Waals surface area contributed by atoms with Gasteiger partial charge in [-0.05, 0) is 12.8 Å². The molecule has 0 aromatic carbocycles. The molecule has 8 nitrogen and oxygen atoms in total. The van der Waals surface area contributed by atoms with Crippen LogP contribution in [0.2, 0.25) is 0 Å². The fourth-order valence-corrected chi connectivity index (χ4v) is 2.10. The highest BCUT2D eigenvalue weighted by molar-refractivity contribution is 6.01. The lowest BCUT2D eigenvalue weighted by Crippen LogP contribution is -2.43. The largest absolute Gasteiger partial charge is 0.457 e. The van der Waals surface area contributed by atoms with Gasteiger partial charge in [-0.2, -0.15) is 0 Å². The first-order valence-corrected chi connectivity index (χ1v) is 7.63. The van der Waals surface area contributed by atoms with Crippen LogP contribution in [0, 0.1) is 0 Å². The molecule has 1 aromatic rings. The molecule has 0 saturated carbocycles. The maximum Gasteiger partial charge on any atom is 0.332 e. The number of hydrogen-bond acceptors (Lipinski definition) is 6. The fraction of sp³-hybridized carbons (Fsp3) is 0.600. The van der Waals surface area contributed by atoms with Gasteiger partial charge >= 0.3 is 11.7 Å². The van der Waals surface area contributed by atoms with E-state index < -0.39 is 29.6 Å². The maximum atomic E-state index is 12.2. The number of Topliss-reactive ketones (excluding diaryl/α,β-unsaturated/α-hetero) is 1. The predicted molar refractivity (Wildman–Crippen MR) is 85.5 cm³/mol. The molecule has 0 amide bonds. The minimum atomic E-state index is -0.783. The molecule has 1 aromatic heterocycles. The van der Waals surface area contributed by atoms with Crippen LogP contribution in [0.1, 0.15) is 49.9 Å². The Bertz CT molecular complexity index is 702. The van der Waals surface area contributed by atoms with E-state index in [4.69, 9.17) is 10.5 Å². The van der Waals surface area contributed by atoms with E-state index in [1.807, 2.05) is 13.8 Å². The minimum absolute atomic E-state index is 0.186. The van der Waals surface area contributed by atoms with Crippen molar-refractivity contribution in [1.29, 1.82) is 0 Å². The van der Waals surface area contributed by atoms with Gasteiger partial charge in [0.05, 0.1) is 0 Å². The van der Waals surface area contributed by atoms with Crippen LogP contribution >= 0.6 is 0 Å². The van der Waals surface area contributed by atoms with Gasteiger partial charge < -0.3 is 10.5 Å². The van der Waals surface area contributed by atoms with Crippen LogP contribution in [0.4, 0.5) is 5.82 Å². The van der Waals surface area contributed by atoms with Crippen molar-refractivity contribution in [2.24, 2.45) is 7.05 Å². The number of carbonyl (C=O) groups excluding carboxylic acids is 2. The standard InChI is InChI=1S/C15H23N3O5/c1-4-6-7-11(20)23-9-10(19)12-13(16)18(8-5-2)15(22)17(3)14(12)21/h4-9,16H2,1-3H3. The second-order valence-electron chi connectivity index (χ2n) is 5.25. The lowest BCUT2D eigenvalue weighted by molar-refractivity contribution is -0.142. The topological polar surface area (TPSA) is 113 Å². The number of rotatable bonds is 8. The van der Waals surface area contributed by atoms with Crippen molar-refractivity contribution in [3.8, 4) is 0 Å². The number of esters is 1. The molecule has 23 heavy (non-hydrogen) atoms. The monoisotopic (exact) mass is 325 g/mol. The first kappa shape index (κ1) is 18.7. The Hall–Kier alpha value is -2.38. The van der Waals surface area contributed by atoms with Crippen molar-refractivity contribution in [3.63, 3.8) is 0 Å². The summed E-state index contributed by atoms with van der Waals surface area (Å²) in [5, 5.41) is 0. The summed E-state index contributed by atoms with van der Waals surface area (Å²) in [5.41, 5.74) is 4.14. The number of nitrogen functional groups attached to an aromatic ring is 1. The van der Waals surface area contributed by atoms with Gasteiger partial charge in [-0.3, -0.25) is 23.5 Å². The second-order valence-corrected chi connectivity index (χ2v) is 5.25. The van der Waals surface area contributed by atoms with E-state index in [0.29, 0.717) is 12.8 Å². The number of ketones is 1. The van der Waals surface area contributed by atoms with Gasteiger partial charge in [0, 0.05) is 20.0 Å². The van der Waals surface area contributed by atoms with E-state index in [0.717, 1.165) is 11.0 Å².